The molecule has 5 rings (SSSR count). The first-order chi connectivity index (χ1) is 15.6. The standard InChI is InChI=1S/C26H22FN3O2/c1-32-25-12-6-19(14-18(25)5-9-21-4-2-3-13-28-21)26(31)30-17-23-15-24(30)16-29(23)22-10-7-20(27)8-11-22/h2-4,6-8,10-14,23-24H,15-17H2,1H3/t23-,24+/m0/s1. The van der Waals surface area contributed by atoms with Crippen LogP contribution in [0.2, 0.25) is 0 Å². The summed E-state index contributed by atoms with van der Waals surface area (Å²) >= 11 is 0. The summed E-state index contributed by atoms with van der Waals surface area (Å²) in [7, 11) is 1.59. The Hall–Kier alpha value is -3.85. The fourth-order valence-electron chi connectivity index (χ4n) is 4.54. The van der Waals surface area contributed by atoms with E-state index in [2.05, 4.69) is 21.7 Å². The predicted octanol–water partition coefficient (Wildman–Crippen LogP) is 3.73. The SMILES string of the molecule is COc1ccc(C(=O)N2C[C@@H]3C[C@@H]2CN3c2ccc(F)cc2)cc1C#Cc1ccccn1. The monoisotopic (exact) mass is 427 g/mol. The van der Waals surface area contributed by atoms with Crippen molar-refractivity contribution in [3.05, 3.63) is 89.5 Å². The lowest BCUT2D eigenvalue weighted by atomic mass is 10.1. The van der Waals surface area contributed by atoms with Gasteiger partial charge < -0.3 is 14.5 Å². The van der Waals surface area contributed by atoms with E-state index in [9.17, 15) is 9.18 Å². The average molecular weight is 427 g/mol. The lowest BCUT2D eigenvalue weighted by Gasteiger charge is -2.35. The van der Waals surface area contributed by atoms with Gasteiger partial charge in [-0.05, 0) is 66.9 Å². The molecule has 3 aromatic rings. The van der Waals surface area contributed by atoms with Gasteiger partial charge in [-0.3, -0.25) is 4.79 Å². The molecule has 1 amide bonds. The van der Waals surface area contributed by atoms with Crippen molar-refractivity contribution in [2.75, 3.05) is 25.1 Å². The number of ether oxygens (including phenoxy) is 1. The van der Waals surface area contributed by atoms with E-state index in [0.717, 1.165) is 18.7 Å². The van der Waals surface area contributed by atoms with Gasteiger partial charge in [0.2, 0.25) is 0 Å². The number of rotatable bonds is 3. The number of aromatic nitrogens is 1. The number of pyridine rings is 1. The quantitative estimate of drug-likeness (QED) is 0.598. The zero-order chi connectivity index (χ0) is 22.1. The molecule has 160 valence electrons. The number of fused-ring (bicyclic) bond motifs is 2. The van der Waals surface area contributed by atoms with Crippen LogP contribution in [0.3, 0.4) is 0 Å². The van der Waals surface area contributed by atoms with Gasteiger partial charge in [0, 0.05) is 36.6 Å². The van der Waals surface area contributed by atoms with E-state index >= 15 is 0 Å². The van der Waals surface area contributed by atoms with Crippen LogP contribution in [0.1, 0.15) is 28.0 Å². The van der Waals surface area contributed by atoms with Crippen LogP contribution in [0.4, 0.5) is 10.1 Å². The summed E-state index contributed by atoms with van der Waals surface area (Å²) in [6.07, 6.45) is 2.62. The molecule has 0 unspecified atom stereocenters. The minimum Gasteiger partial charge on any atom is -0.495 e. The Bertz CT molecular complexity index is 1200. The van der Waals surface area contributed by atoms with Crippen LogP contribution in [-0.2, 0) is 0 Å². The number of halogens is 1. The summed E-state index contributed by atoms with van der Waals surface area (Å²) in [4.78, 5) is 21.7. The van der Waals surface area contributed by atoms with Gasteiger partial charge in [0.1, 0.15) is 17.3 Å². The summed E-state index contributed by atoms with van der Waals surface area (Å²) < 4.78 is 18.7. The van der Waals surface area contributed by atoms with Crippen molar-refractivity contribution in [2.24, 2.45) is 0 Å². The molecular formula is C26H22FN3O2. The molecular weight excluding hydrogens is 405 g/mol. The Labute approximate surface area is 186 Å². The van der Waals surface area contributed by atoms with E-state index in [1.807, 2.05) is 23.1 Å². The Morgan fingerprint density at radius 2 is 1.91 bits per heavy atom. The summed E-state index contributed by atoms with van der Waals surface area (Å²) in [5.74, 6) is 6.49. The van der Waals surface area contributed by atoms with Crippen molar-refractivity contribution >= 4 is 11.6 Å². The van der Waals surface area contributed by atoms with Crippen molar-refractivity contribution in [3.8, 4) is 17.6 Å². The van der Waals surface area contributed by atoms with Crippen molar-refractivity contribution in [1.29, 1.82) is 0 Å². The predicted molar refractivity (Wildman–Crippen MR) is 120 cm³/mol. The molecule has 0 N–H and O–H groups in total. The van der Waals surface area contributed by atoms with Crippen LogP contribution >= 0.6 is 0 Å². The lowest BCUT2D eigenvalue weighted by molar-refractivity contribution is 0.0725. The maximum atomic E-state index is 13.3. The largest absolute Gasteiger partial charge is 0.495 e. The number of carbonyl (C=O) groups excluding carboxylic acids is 1. The van der Waals surface area contributed by atoms with Gasteiger partial charge >= 0.3 is 0 Å². The summed E-state index contributed by atoms with van der Waals surface area (Å²) in [5, 5.41) is 0. The molecule has 2 saturated heterocycles. The second-order valence-corrected chi connectivity index (χ2v) is 8.01. The van der Waals surface area contributed by atoms with Gasteiger partial charge in [-0.1, -0.05) is 12.0 Å². The van der Waals surface area contributed by atoms with E-state index < -0.39 is 0 Å². The van der Waals surface area contributed by atoms with Gasteiger partial charge in [0.15, 0.2) is 0 Å². The second-order valence-electron chi connectivity index (χ2n) is 8.01. The summed E-state index contributed by atoms with van der Waals surface area (Å²) in [6.45, 7) is 1.41. The number of benzene rings is 2. The molecule has 0 spiro atoms. The third-order valence-corrected chi connectivity index (χ3v) is 6.10. The molecule has 2 atom stereocenters. The fraction of sp³-hybridized carbons (Fsp3) is 0.231. The summed E-state index contributed by atoms with van der Waals surface area (Å²) in [6, 6.07) is 17.9. The van der Waals surface area contributed by atoms with E-state index in [1.165, 1.54) is 12.1 Å². The fourth-order valence-corrected chi connectivity index (χ4v) is 4.54. The number of methoxy groups -OCH3 is 1. The molecule has 0 aliphatic carbocycles. The Morgan fingerprint density at radius 1 is 1.06 bits per heavy atom. The molecule has 0 radical (unpaired) electrons. The normalized spacial score (nSPS) is 18.9. The second kappa shape index (κ2) is 8.35. The lowest BCUT2D eigenvalue weighted by Crippen LogP contribution is -2.48. The zero-order valence-corrected chi connectivity index (χ0v) is 17.7. The number of hydrogen-bond acceptors (Lipinski definition) is 4. The minimum atomic E-state index is -0.239. The molecule has 0 saturated carbocycles. The maximum Gasteiger partial charge on any atom is 0.254 e. The third kappa shape index (κ3) is 3.78. The molecule has 1 aromatic heterocycles. The van der Waals surface area contributed by atoms with Gasteiger partial charge in [-0.25, -0.2) is 9.37 Å². The van der Waals surface area contributed by atoms with Gasteiger partial charge in [-0.2, -0.15) is 0 Å². The van der Waals surface area contributed by atoms with E-state index in [0.29, 0.717) is 29.1 Å². The van der Waals surface area contributed by atoms with Gasteiger partial charge in [0.25, 0.3) is 5.91 Å². The van der Waals surface area contributed by atoms with Crippen LogP contribution in [0.5, 0.6) is 5.75 Å². The third-order valence-electron chi connectivity index (χ3n) is 6.10. The number of piperazine rings is 1. The molecule has 2 bridgehead atoms. The molecule has 3 heterocycles. The van der Waals surface area contributed by atoms with Gasteiger partial charge in [0.05, 0.1) is 18.7 Å². The first-order valence-electron chi connectivity index (χ1n) is 10.6. The maximum absolute atomic E-state index is 13.3. The first kappa shape index (κ1) is 20.1. The number of likely N-dealkylation sites (tertiary alicyclic amines) is 1. The molecule has 2 aliphatic rings. The number of anilines is 1. The van der Waals surface area contributed by atoms with Crippen LogP contribution in [0, 0.1) is 17.7 Å². The molecule has 2 aliphatic heterocycles. The highest BCUT2D eigenvalue weighted by Crippen LogP contribution is 2.35. The topological polar surface area (TPSA) is 45.7 Å². The molecule has 32 heavy (non-hydrogen) atoms. The molecule has 6 heteroatoms. The van der Waals surface area contributed by atoms with Gasteiger partial charge in [-0.15, -0.1) is 0 Å². The Morgan fingerprint density at radius 3 is 2.59 bits per heavy atom. The Kier molecular flexibility index (Phi) is 5.24. The smallest absolute Gasteiger partial charge is 0.254 e. The first-order valence-corrected chi connectivity index (χ1v) is 10.6. The molecule has 2 aromatic carbocycles. The number of amides is 1. The number of nitrogens with zero attached hydrogens (tertiary/aromatic N) is 3. The van der Waals surface area contributed by atoms with Crippen molar-refractivity contribution in [2.45, 2.75) is 18.5 Å². The highest BCUT2D eigenvalue weighted by molar-refractivity contribution is 5.95. The van der Waals surface area contributed by atoms with Crippen LogP contribution in [-0.4, -0.2) is 48.1 Å². The highest BCUT2D eigenvalue weighted by atomic mass is 19.1. The van der Waals surface area contributed by atoms with Crippen molar-refractivity contribution < 1.29 is 13.9 Å². The van der Waals surface area contributed by atoms with Crippen LogP contribution in [0.15, 0.2) is 66.9 Å². The molecule has 2 fully saturated rings. The number of carbonyl (C=O) groups is 1. The van der Waals surface area contributed by atoms with E-state index in [-0.39, 0.29) is 23.8 Å². The van der Waals surface area contributed by atoms with Crippen molar-refractivity contribution in [3.63, 3.8) is 0 Å². The number of hydrogen-bond donors (Lipinski definition) is 0. The summed E-state index contributed by atoms with van der Waals surface area (Å²) in [5.41, 5.74) is 2.91. The zero-order valence-electron chi connectivity index (χ0n) is 17.7. The Balaban J connectivity index is 1.34. The van der Waals surface area contributed by atoms with Crippen LogP contribution < -0.4 is 9.64 Å². The minimum absolute atomic E-state index is 0.000190. The van der Waals surface area contributed by atoms with Crippen molar-refractivity contribution in [1.82, 2.24) is 9.88 Å². The molecule has 5 nitrogen and oxygen atoms in total. The van der Waals surface area contributed by atoms with E-state index in [4.69, 9.17) is 4.74 Å². The van der Waals surface area contributed by atoms with Crippen LogP contribution in [0.25, 0.3) is 0 Å². The van der Waals surface area contributed by atoms with E-state index in [1.54, 1.807) is 43.6 Å². The highest BCUT2D eigenvalue weighted by Gasteiger charge is 2.45. The average Bonchev–Trinajstić information content (AvgIpc) is 3.44.